The van der Waals surface area contributed by atoms with Crippen molar-refractivity contribution in [3.05, 3.63) is 94.5 Å². The smallest absolute Gasteiger partial charge is 0.255 e. The van der Waals surface area contributed by atoms with Gasteiger partial charge in [0, 0.05) is 69.0 Å². The largest absolute Gasteiger partial charge is 0.368 e. The van der Waals surface area contributed by atoms with Gasteiger partial charge in [0.25, 0.3) is 17.7 Å². The molecule has 2 saturated heterocycles. The standard InChI is InChI=1S/C32H31N7O3/c33-21-23-2-6-25(7-3-23)30(40)36-28-20-27(32(42)39-16-12-35-13-17-39)10-11-29(28)37-14-1-15-38(19-18-37)31(41)26-8-4-24(22-34)5-9-26/h2-11,20,35H,1,12-19H2,(H,36,40). The second kappa shape index (κ2) is 13.0. The fraction of sp³-hybridized carbons (Fsp3) is 0.281. The van der Waals surface area contributed by atoms with Crippen molar-refractivity contribution in [2.24, 2.45) is 0 Å². The number of amides is 3. The van der Waals surface area contributed by atoms with E-state index in [9.17, 15) is 14.4 Å². The maximum atomic E-state index is 13.3. The number of piperazine rings is 1. The van der Waals surface area contributed by atoms with E-state index in [1.54, 1.807) is 70.5 Å². The van der Waals surface area contributed by atoms with Crippen molar-refractivity contribution >= 4 is 29.1 Å². The molecule has 0 radical (unpaired) electrons. The first-order chi connectivity index (χ1) is 20.5. The molecule has 5 rings (SSSR count). The van der Waals surface area contributed by atoms with Crippen LogP contribution in [0.5, 0.6) is 0 Å². The lowest BCUT2D eigenvalue weighted by Gasteiger charge is -2.29. The number of nitrogens with one attached hydrogen (secondary N) is 2. The van der Waals surface area contributed by atoms with Crippen LogP contribution in [0.15, 0.2) is 66.7 Å². The van der Waals surface area contributed by atoms with E-state index in [2.05, 4.69) is 27.7 Å². The van der Waals surface area contributed by atoms with Crippen LogP contribution in [-0.4, -0.2) is 79.9 Å². The molecule has 212 valence electrons. The lowest BCUT2D eigenvalue weighted by Crippen LogP contribution is -2.46. The van der Waals surface area contributed by atoms with Gasteiger partial charge in [-0.1, -0.05) is 0 Å². The molecular formula is C32H31N7O3. The van der Waals surface area contributed by atoms with Crippen molar-refractivity contribution in [3.8, 4) is 12.1 Å². The van der Waals surface area contributed by atoms with Gasteiger partial charge in [-0.05, 0) is 73.2 Å². The highest BCUT2D eigenvalue weighted by Crippen LogP contribution is 2.30. The molecule has 2 fully saturated rings. The Balaban J connectivity index is 1.38. The molecule has 3 aromatic rings. The average Bonchev–Trinajstić information content (AvgIpc) is 3.31. The van der Waals surface area contributed by atoms with Gasteiger partial charge in [-0.25, -0.2) is 0 Å². The van der Waals surface area contributed by atoms with E-state index in [0.29, 0.717) is 79.2 Å². The predicted molar refractivity (Wildman–Crippen MR) is 158 cm³/mol. The molecule has 0 atom stereocenters. The summed E-state index contributed by atoms with van der Waals surface area (Å²) in [6.07, 6.45) is 0.715. The van der Waals surface area contributed by atoms with Gasteiger partial charge in [0.2, 0.25) is 0 Å². The molecule has 2 heterocycles. The molecular weight excluding hydrogens is 530 g/mol. The summed E-state index contributed by atoms with van der Waals surface area (Å²) in [5.74, 6) is -0.528. The highest BCUT2D eigenvalue weighted by Gasteiger charge is 2.24. The van der Waals surface area contributed by atoms with E-state index in [4.69, 9.17) is 10.5 Å². The van der Waals surface area contributed by atoms with Crippen molar-refractivity contribution in [3.63, 3.8) is 0 Å². The van der Waals surface area contributed by atoms with E-state index in [-0.39, 0.29) is 17.7 Å². The lowest BCUT2D eigenvalue weighted by atomic mass is 10.1. The molecule has 3 amide bonds. The summed E-state index contributed by atoms with van der Waals surface area (Å²) in [6, 6.07) is 22.5. The van der Waals surface area contributed by atoms with E-state index in [1.807, 2.05) is 6.07 Å². The average molecular weight is 562 g/mol. The first-order valence-electron chi connectivity index (χ1n) is 14.0. The molecule has 0 saturated carbocycles. The Hall–Kier alpha value is -5.19. The zero-order valence-corrected chi connectivity index (χ0v) is 23.2. The Morgan fingerprint density at radius 1 is 0.667 bits per heavy atom. The number of nitrogens with zero attached hydrogens (tertiary/aromatic N) is 5. The quantitative estimate of drug-likeness (QED) is 0.489. The van der Waals surface area contributed by atoms with Crippen LogP contribution >= 0.6 is 0 Å². The normalized spacial score (nSPS) is 15.2. The molecule has 42 heavy (non-hydrogen) atoms. The highest BCUT2D eigenvalue weighted by molar-refractivity contribution is 6.07. The number of benzene rings is 3. The maximum Gasteiger partial charge on any atom is 0.255 e. The van der Waals surface area contributed by atoms with Crippen LogP contribution in [0.1, 0.15) is 48.6 Å². The first-order valence-corrected chi connectivity index (χ1v) is 14.0. The van der Waals surface area contributed by atoms with Crippen molar-refractivity contribution in [1.29, 1.82) is 10.5 Å². The summed E-state index contributed by atoms with van der Waals surface area (Å²) in [4.78, 5) is 45.5. The highest BCUT2D eigenvalue weighted by atomic mass is 16.2. The maximum absolute atomic E-state index is 13.3. The summed E-state index contributed by atoms with van der Waals surface area (Å²) in [6.45, 7) is 4.93. The van der Waals surface area contributed by atoms with Crippen molar-refractivity contribution in [2.45, 2.75) is 6.42 Å². The molecule has 0 bridgehead atoms. The van der Waals surface area contributed by atoms with Crippen molar-refractivity contribution in [1.82, 2.24) is 15.1 Å². The van der Waals surface area contributed by atoms with Crippen molar-refractivity contribution < 1.29 is 14.4 Å². The minimum atomic E-state index is -0.347. The molecule has 0 unspecified atom stereocenters. The van der Waals surface area contributed by atoms with Crippen LogP contribution in [0, 0.1) is 22.7 Å². The zero-order valence-electron chi connectivity index (χ0n) is 23.2. The topological polar surface area (TPSA) is 133 Å². The number of hydrogen-bond donors (Lipinski definition) is 2. The van der Waals surface area contributed by atoms with Crippen LogP contribution in [0.2, 0.25) is 0 Å². The minimum Gasteiger partial charge on any atom is -0.368 e. The van der Waals surface area contributed by atoms with Gasteiger partial charge >= 0.3 is 0 Å². The summed E-state index contributed by atoms with van der Waals surface area (Å²) < 4.78 is 0. The van der Waals surface area contributed by atoms with Gasteiger partial charge in [0.05, 0.1) is 34.6 Å². The first kappa shape index (κ1) is 28.3. The van der Waals surface area contributed by atoms with Gasteiger partial charge in [-0.2, -0.15) is 10.5 Å². The van der Waals surface area contributed by atoms with Crippen LogP contribution < -0.4 is 15.5 Å². The van der Waals surface area contributed by atoms with Crippen LogP contribution in [0.3, 0.4) is 0 Å². The Morgan fingerprint density at radius 3 is 1.88 bits per heavy atom. The fourth-order valence-electron chi connectivity index (χ4n) is 5.22. The third-order valence-corrected chi connectivity index (χ3v) is 7.56. The molecule has 0 aliphatic carbocycles. The van der Waals surface area contributed by atoms with E-state index < -0.39 is 0 Å². The van der Waals surface area contributed by atoms with Gasteiger partial charge in [0.1, 0.15) is 0 Å². The van der Waals surface area contributed by atoms with E-state index >= 15 is 0 Å². The molecule has 2 aliphatic rings. The number of hydrogen-bond acceptors (Lipinski definition) is 7. The Labute approximate surface area is 244 Å². The van der Waals surface area contributed by atoms with Gasteiger partial charge in [-0.3, -0.25) is 14.4 Å². The second-order valence-electron chi connectivity index (χ2n) is 10.2. The number of carbonyl (C=O) groups excluding carboxylic acids is 3. The molecule has 2 N–H and O–H groups in total. The predicted octanol–water partition coefficient (Wildman–Crippen LogP) is 3.08. The SMILES string of the molecule is N#Cc1ccc(C(=O)Nc2cc(C(=O)N3CCNCC3)ccc2N2CCCN(C(=O)c3ccc(C#N)cc3)CC2)cc1. The minimum absolute atomic E-state index is 0.0901. The third-order valence-electron chi connectivity index (χ3n) is 7.56. The number of nitriles is 2. The molecule has 0 spiro atoms. The second-order valence-corrected chi connectivity index (χ2v) is 10.2. The lowest BCUT2D eigenvalue weighted by molar-refractivity contribution is 0.0734. The van der Waals surface area contributed by atoms with Gasteiger partial charge < -0.3 is 25.3 Å². The zero-order chi connectivity index (χ0) is 29.5. The van der Waals surface area contributed by atoms with E-state index in [0.717, 1.165) is 18.8 Å². The number of rotatable bonds is 5. The number of carbonyl (C=O) groups is 3. The number of anilines is 2. The molecule has 10 heteroatoms. The van der Waals surface area contributed by atoms with Gasteiger partial charge in [-0.15, -0.1) is 0 Å². The fourth-order valence-corrected chi connectivity index (χ4v) is 5.22. The summed E-state index contributed by atoms with van der Waals surface area (Å²) in [5.41, 5.74) is 3.66. The van der Waals surface area contributed by atoms with Crippen LogP contribution in [0.4, 0.5) is 11.4 Å². The molecule has 0 aromatic heterocycles. The van der Waals surface area contributed by atoms with E-state index in [1.165, 1.54) is 0 Å². The van der Waals surface area contributed by atoms with Crippen molar-refractivity contribution in [2.75, 3.05) is 62.6 Å². The Bertz CT molecular complexity index is 1550. The Morgan fingerprint density at radius 2 is 1.24 bits per heavy atom. The summed E-state index contributed by atoms with van der Waals surface area (Å²) in [5, 5.41) is 24.4. The molecule has 2 aliphatic heterocycles. The third kappa shape index (κ3) is 6.41. The van der Waals surface area contributed by atoms with Crippen LogP contribution in [-0.2, 0) is 0 Å². The van der Waals surface area contributed by atoms with Crippen LogP contribution in [0.25, 0.3) is 0 Å². The Kier molecular flexibility index (Phi) is 8.76. The van der Waals surface area contributed by atoms with Gasteiger partial charge in [0.15, 0.2) is 0 Å². The molecule has 3 aromatic carbocycles. The molecule has 10 nitrogen and oxygen atoms in total. The summed E-state index contributed by atoms with van der Waals surface area (Å²) >= 11 is 0. The monoisotopic (exact) mass is 561 g/mol. The summed E-state index contributed by atoms with van der Waals surface area (Å²) in [7, 11) is 0.